The third-order valence-electron chi connectivity index (χ3n) is 3.75. The van der Waals surface area contributed by atoms with Crippen molar-refractivity contribution in [2.75, 3.05) is 0 Å². The van der Waals surface area contributed by atoms with Gasteiger partial charge in [0, 0.05) is 26.3 Å². The van der Waals surface area contributed by atoms with Gasteiger partial charge < -0.3 is 4.98 Å². The van der Waals surface area contributed by atoms with Crippen LogP contribution < -0.4 is 0 Å². The normalized spacial score (nSPS) is 21.8. The van der Waals surface area contributed by atoms with E-state index in [-0.39, 0.29) is 43.5 Å². The van der Waals surface area contributed by atoms with Crippen LogP contribution in [0, 0.1) is 6.07 Å². The number of nitrogens with zero attached hydrogens (tertiary/aromatic N) is 1. The number of fused-ring (bicyclic) bond motifs is 1. The van der Waals surface area contributed by atoms with Crippen molar-refractivity contribution < 1.29 is 55.2 Å². The number of halogens is 8. The van der Waals surface area contributed by atoms with Crippen molar-refractivity contribution in [3.05, 3.63) is 53.7 Å². The molecular formula is C15H6F8IrN-. The van der Waals surface area contributed by atoms with Crippen LogP contribution in [0.1, 0.15) is 11.1 Å². The van der Waals surface area contributed by atoms with Gasteiger partial charge in [0.15, 0.2) is 0 Å². The maximum Gasteiger partial charge on any atom is 0.380 e. The summed E-state index contributed by atoms with van der Waals surface area (Å²) in [6.45, 7) is 0. The molecule has 10 heteroatoms. The van der Waals surface area contributed by atoms with E-state index in [2.05, 4.69) is 11.1 Å². The molecule has 0 unspecified atom stereocenters. The first-order valence-corrected chi connectivity index (χ1v) is 6.44. The molecule has 25 heavy (non-hydrogen) atoms. The zero-order valence-electron chi connectivity index (χ0n) is 11.8. The molecule has 137 valence electrons. The molecular weight excluding hydrogens is 538 g/mol. The first-order valence-electron chi connectivity index (χ1n) is 6.44. The molecule has 0 fully saturated rings. The largest absolute Gasteiger partial charge is 0.380 e. The molecule has 0 atom stereocenters. The fourth-order valence-corrected chi connectivity index (χ4v) is 2.41. The van der Waals surface area contributed by atoms with Crippen LogP contribution in [0.5, 0.6) is 0 Å². The average molecular weight is 544 g/mol. The van der Waals surface area contributed by atoms with Gasteiger partial charge in [-0.2, -0.15) is 26.3 Å². The summed E-state index contributed by atoms with van der Waals surface area (Å²) in [6.07, 6.45) is 1.25. The molecule has 0 saturated carbocycles. The first-order chi connectivity index (χ1) is 10.9. The molecule has 3 rings (SSSR count). The van der Waals surface area contributed by atoms with Gasteiger partial charge in [0.05, 0.1) is 0 Å². The molecule has 1 nitrogen and oxygen atoms in total. The van der Waals surface area contributed by atoms with E-state index >= 15 is 0 Å². The van der Waals surface area contributed by atoms with Crippen molar-refractivity contribution in [3.63, 3.8) is 0 Å². The number of alkyl halides is 8. The molecule has 0 aliphatic heterocycles. The summed E-state index contributed by atoms with van der Waals surface area (Å²) in [6, 6.07) is 6.78. The Kier molecular flexibility index (Phi) is 4.54. The van der Waals surface area contributed by atoms with E-state index in [4.69, 9.17) is 0 Å². The third kappa shape index (κ3) is 2.41. The van der Waals surface area contributed by atoms with E-state index in [9.17, 15) is 35.1 Å². The van der Waals surface area contributed by atoms with Crippen LogP contribution in [0.2, 0.25) is 0 Å². The second-order valence-corrected chi connectivity index (χ2v) is 5.19. The van der Waals surface area contributed by atoms with E-state index in [0.29, 0.717) is 0 Å². The summed E-state index contributed by atoms with van der Waals surface area (Å²) >= 11 is 0. The summed E-state index contributed by atoms with van der Waals surface area (Å²) in [5.41, 5.74) is -4.07. The zero-order chi connectivity index (χ0) is 18.0. The monoisotopic (exact) mass is 545 g/mol. The Morgan fingerprint density at radius 1 is 0.800 bits per heavy atom. The Morgan fingerprint density at radius 2 is 1.36 bits per heavy atom. The van der Waals surface area contributed by atoms with Crippen LogP contribution in [0.3, 0.4) is 0 Å². The molecule has 2 aromatic rings. The van der Waals surface area contributed by atoms with Crippen LogP contribution in [0.25, 0.3) is 11.3 Å². The van der Waals surface area contributed by atoms with Gasteiger partial charge in [0.1, 0.15) is 0 Å². The van der Waals surface area contributed by atoms with Gasteiger partial charge in [-0.3, -0.25) is 0 Å². The van der Waals surface area contributed by atoms with E-state index < -0.39 is 34.8 Å². The van der Waals surface area contributed by atoms with Crippen LogP contribution in [0.4, 0.5) is 35.1 Å². The predicted molar refractivity (Wildman–Crippen MR) is 66.2 cm³/mol. The molecule has 1 radical (unpaired) electrons. The van der Waals surface area contributed by atoms with Gasteiger partial charge in [-0.25, -0.2) is 8.78 Å². The fourth-order valence-electron chi connectivity index (χ4n) is 2.41. The number of aromatic nitrogens is 1. The molecule has 0 saturated heterocycles. The van der Waals surface area contributed by atoms with E-state index in [1.54, 1.807) is 0 Å². The number of hydrogen-bond donors (Lipinski definition) is 0. The Hall–Kier alpha value is -1.54. The minimum Gasteiger partial charge on any atom is -0.305 e. The van der Waals surface area contributed by atoms with Crippen molar-refractivity contribution in [2.24, 2.45) is 0 Å². The van der Waals surface area contributed by atoms with Crippen molar-refractivity contribution in [2.45, 2.75) is 23.7 Å². The summed E-state index contributed by atoms with van der Waals surface area (Å²) in [5, 5.41) is 0. The minimum absolute atomic E-state index is 0. The van der Waals surface area contributed by atoms with Gasteiger partial charge in [-0.1, -0.05) is 12.1 Å². The maximum absolute atomic E-state index is 13.9. The molecule has 1 heterocycles. The molecule has 0 N–H and O–H groups in total. The standard InChI is InChI=1S/C15H6F8N.Ir/c16-12(17)9-5-4-8(11-3-1-2-6-24-11)7-10(9)13(18,19)15(22,23)14(12,20)21;/h1-3,5-7H;/q-1;. The van der Waals surface area contributed by atoms with Crippen LogP contribution >= 0.6 is 0 Å². The molecule has 0 bridgehead atoms. The first kappa shape index (κ1) is 19.8. The molecule has 1 aliphatic carbocycles. The second kappa shape index (κ2) is 5.74. The van der Waals surface area contributed by atoms with E-state index in [0.717, 1.165) is 0 Å². The Labute approximate surface area is 149 Å². The van der Waals surface area contributed by atoms with Crippen LogP contribution in [-0.2, 0) is 32.0 Å². The smallest absolute Gasteiger partial charge is 0.305 e. The summed E-state index contributed by atoms with van der Waals surface area (Å²) in [7, 11) is 0. The van der Waals surface area contributed by atoms with Crippen LogP contribution in [-0.4, -0.2) is 16.8 Å². The Bertz CT molecular complexity index is 791. The maximum atomic E-state index is 13.9. The van der Waals surface area contributed by atoms with Crippen molar-refractivity contribution in [1.82, 2.24) is 4.98 Å². The molecule has 1 aliphatic rings. The van der Waals surface area contributed by atoms with Crippen molar-refractivity contribution >= 4 is 0 Å². The fraction of sp³-hybridized carbons (Fsp3) is 0.267. The van der Waals surface area contributed by atoms with E-state index in [1.165, 1.54) is 24.4 Å². The quantitative estimate of drug-likeness (QED) is 0.364. The van der Waals surface area contributed by atoms with Crippen LogP contribution in [0.15, 0.2) is 36.5 Å². The number of benzene rings is 1. The molecule has 0 amide bonds. The Balaban J connectivity index is 0.00000225. The minimum atomic E-state index is -6.26. The molecule has 0 spiro atoms. The number of hydrogen-bond acceptors (Lipinski definition) is 1. The topological polar surface area (TPSA) is 12.9 Å². The summed E-state index contributed by atoms with van der Waals surface area (Å²) in [4.78, 5) is 3.75. The summed E-state index contributed by atoms with van der Waals surface area (Å²) in [5.74, 6) is -23.5. The van der Waals surface area contributed by atoms with Gasteiger partial charge in [-0.15, -0.1) is 23.8 Å². The van der Waals surface area contributed by atoms with Gasteiger partial charge in [-0.05, 0) is 22.9 Å². The number of pyridine rings is 1. The zero-order valence-corrected chi connectivity index (χ0v) is 14.2. The van der Waals surface area contributed by atoms with Crippen molar-refractivity contribution in [3.8, 4) is 11.3 Å². The summed E-state index contributed by atoms with van der Waals surface area (Å²) < 4.78 is 109. The SMILES string of the molecule is FC1(F)c2c[c-]c(-c3ccccn3)cc2C(F)(F)C(F)(F)C1(F)F.[Ir]. The molecule has 1 aromatic heterocycles. The second-order valence-electron chi connectivity index (χ2n) is 5.19. The third-order valence-corrected chi connectivity index (χ3v) is 3.75. The average Bonchev–Trinajstić information content (AvgIpc) is 2.53. The Morgan fingerprint density at radius 3 is 1.88 bits per heavy atom. The van der Waals surface area contributed by atoms with E-state index in [1.807, 2.05) is 0 Å². The van der Waals surface area contributed by atoms with Crippen molar-refractivity contribution in [1.29, 1.82) is 0 Å². The molecule has 1 aromatic carbocycles. The van der Waals surface area contributed by atoms with Gasteiger partial charge >= 0.3 is 23.7 Å². The van der Waals surface area contributed by atoms with Gasteiger partial charge in [0.2, 0.25) is 0 Å². The number of rotatable bonds is 1. The predicted octanol–water partition coefficient (Wildman–Crippen LogP) is 5.01. The van der Waals surface area contributed by atoms with Gasteiger partial charge in [0.25, 0.3) is 0 Å².